The van der Waals surface area contributed by atoms with Crippen LogP contribution in [0, 0.1) is 13.8 Å². The lowest BCUT2D eigenvalue weighted by Gasteiger charge is -2.23. The number of carbonyl (C=O) groups excluding carboxylic acids is 1. The fraction of sp³-hybridized carbons (Fsp3) is 0.350. The molecule has 0 heterocycles. The van der Waals surface area contributed by atoms with Gasteiger partial charge in [-0.15, -0.1) is 0 Å². The SMILES string of the molecule is Cc1ccc(OCNC(=O)Nc2ccccc2C)c(C(C)(C)C)c1. The van der Waals surface area contributed by atoms with Gasteiger partial charge in [0.05, 0.1) is 0 Å². The number of para-hydroxylation sites is 1. The average molecular weight is 326 g/mol. The second-order valence-corrected chi connectivity index (χ2v) is 6.98. The van der Waals surface area contributed by atoms with Crippen LogP contribution in [0.1, 0.15) is 37.5 Å². The van der Waals surface area contributed by atoms with Crippen LogP contribution in [0.2, 0.25) is 0 Å². The minimum atomic E-state index is -0.284. The number of benzene rings is 2. The van der Waals surface area contributed by atoms with Crippen LogP contribution in [-0.4, -0.2) is 12.8 Å². The summed E-state index contributed by atoms with van der Waals surface area (Å²) in [4.78, 5) is 12.0. The van der Waals surface area contributed by atoms with Crippen molar-refractivity contribution in [2.24, 2.45) is 0 Å². The van der Waals surface area contributed by atoms with Crippen molar-refractivity contribution in [1.29, 1.82) is 0 Å². The number of nitrogens with one attached hydrogen (secondary N) is 2. The topological polar surface area (TPSA) is 50.4 Å². The normalized spacial score (nSPS) is 11.0. The van der Waals surface area contributed by atoms with Gasteiger partial charge >= 0.3 is 6.03 Å². The largest absolute Gasteiger partial charge is 0.473 e. The van der Waals surface area contributed by atoms with Crippen molar-refractivity contribution in [1.82, 2.24) is 5.32 Å². The van der Waals surface area contributed by atoms with Crippen LogP contribution in [0.5, 0.6) is 5.75 Å². The summed E-state index contributed by atoms with van der Waals surface area (Å²) in [5, 5.41) is 5.55. The number of rotatable bonds is 4. The first kappa shape index (κ1) is 17.9. The molecule has 0 radical (unpaired) electrons. The van der Waals surface area contributed by atoms with Gasteiger partial charge in [-0.2, -0.15) is 0 Å². The van der Waals surface area contributed by atoms with E-state index in [0.29, 0.717) is 0 Å². The molecule has 2 aromatic rings. The van der Waals surface area contributed by atoms with Crippen molar-refractivity contribution >= 4 is 11.7 Å². The van der Waals surface area contributed by atoms with Crippen LogP contribution in [0.25, 0.3) is 0 Å². The summed E-state index contributed by atoms with van der Waals surface area (Å²) < 4.78 is 5.79. The first-order chi connectivity index (χ1) is 11.3. The number of aryl methyl sites for hydroxylation is 2. The molecule has 2 aromatic carbocycles. The maximum atomic E-state index is 12.0. The standard InChI is InChI=1S/C20H26N2O2/c1-14-10-11-18(16(12-14)20(3,4)5)24-13-21-19(23)22-17-9-7-6-8-15(17)2/h6-12H,13H2,1-5H3,(H2,21,22,23). The van der Waals surface area contributed by atoms with Gasteiger partial charge in [0, 0.05) is 5.69 Å². The highest BCUT2D eigenvalue weighted by molar-refractivity contribution is 5.89. The van der Waals surface area contributed by atoms with Gasteiger partial charge in [0.25, 0.3) is 0 Å². The number of hydrogen-bond donors (Lipinski definition) is 2. The Labute approximate surface area is 144 Å². The van der Waals surface area contributed by atoms with Gasteiger partial charge < -0.3 is 15.4 Å². The van der Waals surface area contributed by atoms with Gasteiger partial charge in [-0.3, -0.25) is 0 Å². The number of ether oxygens (including phenoxy) is 1. The molecule has 0 atom stereocenters. The van der Waals surface area contributed by atoms with E-state index in [2.05, 4.69) is 44.4 Å². The Bertz CT molecular complexity index is 718. The van der Waals surface area contributed by atoms with E-state index >= 15 is 0 Å². The summed E-state index contributed by atoms with van der Waals surface area (Å²) in [6.07, 6.45) is 0. The Balaban J connectivity index is 1.95. The average Bonchev–Trinajstić information content (AvgIpc) is 2.50. The molecule has 4 nitrogen and oxygen atoms in total. The van der Waals surface area contributed by atoms with Crippen molar-refractivity contribution < 1.29 is 9.53 Å². The Morgan fingerprint density at radius 3 is 2.46 bits per heavy atom. The molecular formula is C20H26N2O2. The van der Waals surface area contributed by atoms with E-state index in [1.807, 2.05) is 43.3 Å². The van der Waals surface area contributed by atoms with Crippen LogP contribution in [0.4, 0.5) is 10.5 Å². The smallest absolute Gasteiger partial charge is 0.321 e. The van der Waals surface area contributed by atoms with E-state index in [0.717, 1.165) is 22.6 Å². The third-order valence-corrected chi connectivity index (χ3v) is 3.80. The molecule has 128 valence electrons. The zero-order valence-corrected chi connectivity index (χ0v) is 15.1. The van der Waals surface area contributed by atoms with Gasteiger partial charge in [0.2, 0.25) is 0 Å². The van der Waals surface area contributed by atoms with E-state index in [4.69, 9.17) is 4.74 Å². The van der Waals surface area contributed by atoms with Crippen LogP contribution in [0.3, 0.4) is 0 Å². The van der Waals surface area contributed by atoms with Crippen LogP contribution >= 0.6 is 0 Å². The van der Waals surface area contributed by atoms with Gasteiger partial charge in [-0.1, -0.05) is 56.7 Å². The quantitative estimate of drug-likeness (QED) is 0.796. The van der Waals surface area contributed by atoms with E-state index in [1.165, 1.54) is 5.56 Å². The molecule has 2 amide bonds. The van der Waals surface area contributed by atoms with Crippen LogP contribution in [-0.2, 0) is 5.41 Å². The van der Waals surface area contributed by atoms with Crippen molar-refractivity contribution in [3.8, 4) is 5.75 Å². The highest BCUT2D eigenvalue weighted by Gasteiger charge is 2.19. The number of anilines is 1. The molecule has 0 aliphatic heterocycles. The molecule has 0 saturated carbocycles. The maximum Gasteiger partial charge on any atom is 0.321 e. The van der Waals surface area contributed by atoms with Crippen molar-refractivity contribution in [3.05, 3.63) is 59.2 Å². The molecule has 0 fully saturated rings. The molecule has 0 aromatic heterocycles. The summed E-state index contributed by atoms with van der Waals surface area (Å²) in [7, 11) is 0. The third-order valence-electron chi connectivity index (χ3n) is 3.80. The van der Waals surface area contributed by atoms with Crippen LogP contribution < -0.4 is 15.4 Å². The molecule has 0 spiro atoms. The molecule has 2 N–H and O–H groups in total. The Morgan fingerprint density at radius 1 is 1.08 bits per heavy atom. The number of carbonyl (C=O) groups is 1. The zero-order valence-electron chi connectivity index (χ0n) is 15.1. The monoisotopic (exact) mass is 326 g/mol. The summed E-state index contributed by atoms with van der Waals surface area (Å²) in [5.41, 5.74) is 4.11. The molecule has 0 aliphatic rings. The number of amides is 2. The zero-order chi connectivity index (χ0) is 17.7. The predicted molar refractivity (Wildman–Crippen MR) is 98.7 cm³/mol. The highest BCUT2D eigenvalue weighted by Crippen LogP contribution is 2.31. The first-order valence-electron chi connectivity index (χ1n) is 8.12. The third kappa shape index (κ3) is 4.75. The lowest BCUT2D eigenvalue weighted by Crippen LogP contribution is -2.32. The first-order valence-corrected chi connectivity index (χ1v) is 8.12. The Morgan fingerprint density at radius 2 is 1.79 bits per heavy atom. The van der Waals surface area contributed by atoms with Crippen molar-refractivity contribution in [3.63, 3.8) is 0 Å². The lowest BCUT2D eigenvalue weighted by atomic mass is 9.85. The van der Waals surface area contributed by atoms with E-state index in [1.54, 1.807) is 0 Å². The number of hydrogen-bond acceptors (Lipinski definition) is 2. The summed E-state index contributed by atoms with van der Waals surface area (Å²) in [5.74, 6) is 0.796. The fourth-order valence-electron chi connectivity index (χ4n) is 2.41. The number of urea groups is 1. The van der Waals surface area contributed by atoms with Gasteiger partial charge in [-0.05, 0) is 42.5 Å². The molecule has 0 saturated heterocycles. The Kier molecular flexibility index (Phi) is 5.50. The molecule has 0 aliphatic carbocycles. The fourth-order valence-corrected chi connectivity index (χ4v) is 2.41. The van der Waals surface area contributed by atoms with Crippen molar-refractivity contribution in [2.45, 2.75) is 40.0 Å². The molecule has 0 unspecified atom stereocenters. The summed E-state index contributed by atoms with van der Waals surface area (Å²) in [6, 6.07) is 13.5. The molecule has 2 rings (SSSR count). The molecular weight excluding hydrogens is 300 g/mol. The minimum absolute atomic E-state index is 0.0231. The second kappa shape index (κ2) is 7.39. The van der Waals surface area contributed by atoms with E-state index < -0.39 is 0 Å². The second-order valence-electron chi connectivity index (χ2n) is 6.98. The van der Waals surface area contributed by atoms with E-state index in [-0.39, 0.29) is 18.2 Å². The van der Waals surface area contributed by atoms with Gasteiger partial charge in [0.15, 0.2) is 6.73 Å². The summed E-state index contributed by atoms with van der Waals surface area (Å²) in [6.45, 7) is 10.6. The van der Waals surface area contributed by atoms with Gasteiger partial charge in [0.1, 0.15) is 5.75 Å². The maximum absolute atomic E-state index is 12.0. The summed E-state index contributed by atoms with van der Waals surface area (Å²) >= 11 is 0. The van der Waals surface area contributed by atoms with E-state index in [9.17, 15) is 4.79 Å². The molecule has 4 heteroatoms. The molecule has 0 bridgehead atoms. The van der Waals surface area contributed by atoms with Crippen molar-refractivity contribution in [2.75, 3.05) is 12.0 Å². The minimum Gasteiger partial charge on any atom is -0.473 e. The Hall–Kier alpha value is -2.49. The lowest BCUT2D eigenvalue weighted by molar-refractivity contribution is 0.233. The van der Waals surface area contributed by atoms with Crippen LogP contribution in [0.15, 0.2) is 42.5 Å². The van der Waals surface area contributed by atoms with Gasteiger partial charge in [-0.25, -0.2) is 4.79 Å². The predicted octanol–water partition coefficient (Wildman–Crippen LogP) is 4.76. The molecule has 24 heavy (non-hydrogen) atoms. The highest BCUT2D eigenvalue weighted by atomic mass is 16.5.